The van der Waals surface area contributed by atoms with Crippen LogP contribution in [0.1, 0.15) is 0 Å². The molecule has 0 amide bonds. The second kappa shape index (κ2) is 3.70. The summed E-state index contributed by atoms with van der Waals surface area (Å²) in [5.74, 6) is 1.07. The highest BCUT2D eigenvalue weighted by atomic mass is 15.3. The van der Waals surface area contributed by atoms with Gasteiger partial charge in [-0.3, -0.25) is 0 Å². The van der Waals surface area contributed by atoms with Gasteiger partial charge in [-0.15, -0.1) is 0 Å². The summed E-state index contributed by atoms with van der Waals surface area (Å²) in [6.07, 6.45) is 16.3. The minimum Gasteiger partial charge on any atom is -0.211 e. The zero-order valence-electron chi connectivity index (χ0n) is 8.77. The van der Waals surface area contributed by atoms with E-state index in [1.165, 1.54) is 0 Å². The Morgan fingerprint density at radius 2 is 1.12 bits per heavy atom. The van der Waals surface area contributed by atoms with Crippen molar-refractivity contribution in [3.63, 3.8) is 0 Å². The molecule has 1 aliphatic heterocycles. The lowest BCUT2D eigenvalue weighted by atomic mass is 10.6. The summed E-state index contributed by atoms with van der Waals surface area (Å²) in [7, 11) is 0. The van der Waals surface area contributed by atoms with Crippen LogP contribution in [0.4, 0.5) is 0 Å². The summed E-state index contributed by atoms with van der Waals surface area (Å²) in [5.41, 5.74) is 0. The standard InChI is InChI=1S/C13H12N3/c1-2-8-14(7-1)13(15-9-3-4-10-15)16-11-5-6-12-16/h1-12H/q+1. The molecule has 2 aromatic heterocycles. The molecule has 3 nitrogen and oxygen atoms in total. The van der Waals surface area contributed by atoms with E-state index in [9.17, 15) is 0 Å². The predicted octanol–water partition coefficient (Wildman–Crippen LogP) is 2.10. The van der Waals surface area contributed by atoms with E-state index in [2.05, 4.69) is 13.7 Å². The molecule has 0 atom stereocenters. The normalized spacial score (nSPS) is 13.6. The van der Waals surface area contributed by atoms with Gasteiger partial charge < -0.3 is 0 Å². The van der Waals surface area contributed by atoms with Gasteiger partial charge in [0.15, 0.2) is 0 Å². The van der Waals surface area contributed by atoms with Crippen LogP contribution in [0.25, 0.3) is 0 Å². The fourth-order valence-corrected chi connectivity index (χ4v) is 1.80. The van der Waals surface area contributed by atoms with Gasteiger partial charge in [0.2, 0.25) is 0 Å². The SMILES string of the molecule is C1=C[N+](=C(n2cccc2)n2cccc2)C=C1. The topological polar surface area (TPSA) is 12.9 Å². The first kappa shape index (κ1) is 8.97. The Kier molecular flexibility index (Phi) is 2.07. The molecule has 0 bridgehead atoms. The Bertz CT molecular complexity index is 504. The predicted molar refractivity (Wildman–Crippen MR) is 63.2 cm³/mol. The zero-order valence-corrected chi connectivity index (χ0v) is 8.77. The van der Waals surface area contributed by atoms with E-state index in [0.717, 1.165) is 5.96 Å². The quantitative estimate of drug-likeness (QED) is 0.466. The van der Waals surface area contributed by atoms with Crippen LogP contribution < -0.4 is 0 Å². The lowest BCUT2D eigenvalue weighted by molar-refractivity contribution is -0.379. The molecule has 0 unspecified atom stereocenters. The first-order chi connectivity index (χ1) is 7.95. The highest BCUT2D eigenvalue weighted by Gasteiger charge is 2.15. The van der Waals surface area contributed by atoms with Crippen molar-refractivity contribution >= 4 is 5.96 Å². The number of aromatic nitrogens is 2. The van der Waals surface area contributed by atoms with Crippen molar-refractivity contribution < 1.29 is 4.58 Å². The lowest BCUT2D eigenvalue weighted by Gasteiger charge is -2.04. The van der Waals surface area contributed by atoms with E-state index in [0.29, 0.717) is 0 Å². The third kappa shape index (κ3) is 1.42. The monoisotopic (exact) mass is 210 g/mol. The highest BCUT2D eigenvalue weighted by Crippen LogP contribution is 2.02. The van der Waals surface area contributed by atoms with Gasteiger partial charge in [-0.1, -0.05) is 0 Å². The molecule has 0 aliphatic carbocycles. The van der Waals surface area contributed by atoms with Crippen LogP contribution in [0.2, 0.25) is 0 Å². The van der Waals surface area contributed by atoms with Gasteiger partial charge in [0.05, 0.1) is 37.2 Å². The number of allylic oxidation sites excluding steroid dienone is 2. The minimum atomic E-state index is 1.07. The van der Waals surface area contributed by atoms with Gasteiger partial charge in [0, 0.05) is 0 Å². The maximum absolute atomic E-state index is 2.08. The lowest BCUT2D eigenvalue weighted by Crippen LogP contribution is -2.26. The average Bonchev–Trinajstić information content (AvgIpc) is 3.02. The van der Waals surface area contributed by atoms with Crippen molar-refractivity contribution in [3.05, 3.63) is 73.6 Å². The molecule has 0 radical (unpaired) electrons. The highest BCUT2D eigenvalue weighted by molar-refractivity contribution is 5.80. The van der Waals surface area contributed by atoms with Crippen molar-refractivity contribution in [2.24, 2.45) is 0 Å². The summed E-state index contributed by atoms with van der Waals surface area (Å²) < 4.78 is 6.25. The molecule has 0 N–H and O–H groups in total. The molecule has 0 spiro atoms. The first-order valence-electron chi connectivity index (χ1n) is 5.22. The summed E-state index contributed by atoms with van der Waals surface area (Å²) in [6.45, 7) is 0. The van der Waals surface area contributed by atoms with Gasteiger partial charge in [0.1, 0.15) is 0 Å². The molecule has 1 aliphatic rings. The van der Waals surface area contributed by atoms with Crippen molar-refractivity contribution in [2.75, 3.05) is 0 Å². The van der Waals surface area contributed by atoms with Crippen LogP contribution in [-0.4, -0.2) is 19.7 Å². The number of rotatable bonds is 0. The van der Waals surface area contributed by atoms with Gasteiger partial charge in [0.25, 0.3) is 0 Å². The van der Waals surface area contributed by atoms with Gasteiger partial charge in [-0.25, -0.2) is 13.7 Å². The second-order valence-electron chi connectivity index (χ2n) is 3.57. The minimum absolute atomic E-state index is 1.07. The molecular formula is C13H12N3+. The summed E-state index contributed by atoms with van der Waals surface area (Å²) in [4.78, 5) is 0. The smallest absolute Gasteiger partial charge is 0.211 e. The van der Waals surface area contributed by atoms with E-state index in [1.54, 1.807) is 0 Å². The Morgan fingerprint density at radius 3 is 1.56 bits per heavy atom. The van der Waals surface area contributed by atoms with Crippen LogP contribution in [0.3, 0.4) is 0 Å². The molecule has 78 valence electrons. The van der Waals surface area contributed by atoms with Crippen molar-refractivity contribution in [1.82, 2.24) is 9.13 Å². The Labute approximate surface area is 93.9 Å². The fraction of sp³-hybridized carbons (Fsp3) is 0. The molecule has 3 heterocycles. The average molecular weight is 210 g/mol. The Hall–Kier alpha value is -2.29. The zero-order chi connectivity index (χ0) is 10.8. The summed E-state index contributed by atoms with van der Waals surface area (Å²) in [6, 6.07) is 8.08. The Morgan fingerprint density at radius 1 is 0.688 bits per heavy atom. The van der Waals surface area contributed by atoms with Crippen LogP contribution in [-0.2, 0) is 0 Å². The van der Waals surface area contributed by atoms with E-state index in [1.807, 2.05) is 73.6 Å². The third-order valence-electron chi connectivity index (χ3n) is 2.51. The van der Waals surface area contributed by atoms with E-state index >= 15 is 0 Å². The molecule has 3 rings (SSSR count). The van der Waals surface area contributed by atoms with Gasteiger partial charge >= 0.3 is 5.96 Å². The molecule has 3 heteroatoms. The fourth-order valence-electron chi connectivity index (χ4n) is 1.80. The third-order valence-corrected chi connectivity index (χ3v) is 2.51. The maximum atomic E-state index is 2.08. The molecule has 0 saturated heterocycles. The van der Waals surface area contributed by atoms with Gasteiger partial charge in [-0.05, 0) is 36.4 Å². The van der Waals surface area contributed by atoms with Crippen LogP contribution in [0, 0.1) is 0 Å². The van der Waals surface area contributed by atoms with Crippen molar-refractivity contribution in [3.8, 4) is 0 Å². The van der Waals surface area contributed by atoms with Crippen LogP contribution in [0.15, 0.2) is 73.6 Å². The number of hydrogen-bond donors (Lipinski definition) is 0. The van der Waals surface area contributed by atoms with Crippen LogP contribution >= 0.6 is 0 Å². The summed E-state index contributed by atoms with van der Waals surface area (Å²) >= 11 is 0. The Balaban J connectivity index is 2.20. The van der Waals surface area contributed by atoms with E-state index in [-0.39, 0.29) is 0 Å². The number of hydrogen-bond acceptors (Lipinski definition) is 0. The first-order valence-corrected chi connectivity index (χ1v) is 5.22. The molecule has 0 saturated carbocycles. The van der Waals surface area contributed by atoms with Crippen molar-refractivity contribution in [1.29, 1.82) is 0 Å². The van der Waals surface area contributed by atoms with E-state index < -0.39 is 0 Å². The van der Waals surface area contributed by atoms with Crippen molar-refractivity contribution in [2.45, 2.75) is 0 Å². The molecule has 16 heavy (non-hydrogen) atoms. The molecule has 2 aromatic rings. The molecule has 0 fully saturated rings. The summed E-state index contributed by atoms with van der Waals surface area (Å²) in [5, 5.41) is 0. The van der Waals surface area contributed by atoms with Crippen LogP contribution in [0.5, 0.6) is 0 Å². The number of nitrogens with zero attached hydrogens (tertiary/aromatic N) is 3. The molecule has 0 aromatic carbocycles. The largest absolute Gasteiger partial charge is 0.377 e. The van der Waals surface area contributed by atoms with E-state index in [4.69, 9.17) is 0 Å². The van der Waals surface area contributed by atoms with Gasteiger partial charge in [-0.2, -0.15) is 0 Å². The molecular weight excluding hydrogens is 198 g/mol. The second-order valence-corrected chi connectivity index (χ2v) is 3.57. The maximum Gasteiger partial charge on any atom is 0.377 e.